The van der Waals surface area contributed by atoms with Gasteiger partial charge in [-0.2, -0.15) is 0 Å². The zero-order valence-electron chi connectivity index (χ0n) is 4.30. The van der Waals surface area contributed by atoms with Crippen LogP contribution in [0.15, 0.2) is 0 Å². The van der Waals surface area contributed by atoms with Crippen LogP contribution in [0.25, 0.3) is 0 Å². The van der Waals surface area contributed by atoms with Crippen molar-refractivity contribution < 1.29 is 14.4 Å². The Hall–Kier alpha value is 0.190. The monoisotopic (exact) mass is 169 g/mol. The molecule has 0 aromatic heterocycles. The molecule has 0 saturated carbocycles. The molecule has 1 amide bonds. The summed E-state index contributed by atoms with van der Waals surface area (Å²) in [4.78, 5) is 10.2. The van der Waals surface area contributed by atoms with E-state index in [0.717, 1.165) is 0 Å². The summed E-state index contributed by atoms with van der Waals surface area (Å²) >= 11 is 0. The molecule has 1 fully saturated rings. The van der Waals surface area contributed by atoms with Gasteiger partial charge in [0.1, 0.15) is 10.4 Å². The van der Waals surface area contributed by atoms with Crippen LogP contribution in [-0.4, -0.2) is 15.8 Å². The third-order valence-corrected chi connectivity index (χ3v) is 2.64. The summed E-state index contributed by atoms with van der Waals surface area (Å²) < 4.78 is 10.3. The molecule has 1 heterocycles. The summed E-state index contributed by atoms with van der Waals surface area (Å²) in [5.74, 6) is -0.464. The van der Waals surface area contributed by atoms with Gasteiger partial charge in [-0.15, -0.1) is 0 Å². The maximum absolute atomic E-state index is 10.4. The van der Waals surface area contributed by atoms with Crippen LogP contribution < -0.4 is 5.06 Å². The zero-order valence-corrected chi connectivity index (χ0v) is 5.87. The van der Waals surface area contributed by atoms with Gasteiger partial charge in [0.05, 0.1) is 0 Å². The fraction of sp³-hybridized carbons (Fsp3) is 0.667. The number of rotatable bonds is 1. The number of carbonyl (C=O) groups excluding carboxylic acids is 1. The van der Waals surface area contributed by atoms with E-state index in [1.54, 1.807) is 0 Å². The molecule has 52 valence electrons. The third kappa shape index (κ3) is 1.20. The SMILES string of the molecule is O=C1CC([S+]([O-])Cl)[NH+]1[O-]. The van der Waals surface area contributed by atoms with Gasteiger partial charge in [0.15, 0.2) is 17.1 Å². The maximum atomic E-state index is 10.4. The average Bonchev–Trinajstić information content (AvgIpc) is 1.81. The van der Waals surface area contributed by atoms with E-state index in [1.165, 1.54) is 0 Å². The number of quaternary nitrogens is 1. The molecule has 1 saturated heterocycles. The van der Waals surface area contributed by atoms with Gasteiger partial charge in [0.25, 0.3) is 5.37 Å². The summed E-state index contributed by atoms with van der Waals surface area (Å²) in [6.45, 7) is 0. The van der Waals surface area contributed by atoms with Crippen molar-refractivity contribution in [3.05, 3.63) is 5.21 Å². The average molecular weight is 170 g/mol. The van der Waals surface area contributed by atoms with Gasteiger partial charge in [0.2, 0.25) is 0 Å². The van der Waals surface area contributed by atoms with Crippen LogP contribution in [0.4, 0.5) is 0 Å². The van der Waals surface area contributed by atoms with E-state index in [9.17, 15) is 14.6 Å². The molecule has 0 radical (unpaired) electrons. The summed E-state index contributed by atoms with van der Waals surface area (Å²) in [5.41, 5.74) is 0. The molecule has 0 spiro atoms. The lowest BCUT2D eigenvalue weighted by molar-refractivity contribution is -0.808. The molecule has 1 N–H and O–H groups in total. The Balaban J connectivity index is 2.42. The van der Waals surface area contributed by atoms with Crippen molar-refractivity contribution in [1.82, 2.24) is 0 Å². The predicted molar refractivity (Wildman–Crippen MR) is 31.7 cm³/mol. The highest BCUT2D eigenvalue weighted by Crippen LogP contribution is 2.10. The van der Waals surface area contributed by atoms with E-state index in [2.05, 4.69) is 0 Å². The fourth-order valence-electron chi connectivity index (χ4n) is 0.560. The zero-order chi connectivity index (χ0) is 7.02. The second-order valence-corrected chi connectivity index (χ2v) is 3.71. The minimum absolute atomic E-state index is 0.0505. The highest BCUT2D eigenvalue weighted by molar-refractivity contribution is 8.14. The highest BCUT2D eigenvalue weighted by Gasteiger charge is 2.46. The summed E-state index contributed by atoms with van der Waals surface area (Å²) in [5, 5.41) is 9.06. The Labute approximate surface area is 59.0 Å². The topological polar surface area (TPSA) is 67.6 Å². The Kier molecular flexibility index (Phi) is 1.97. The Morgan fingerprint density at radius 1 is 1.89 bits per heavy atom. The van der Waals surface area contributed by atoms with Crippen molar-refractivity contribution in [1.29, 1.82) is 0 Å². The normalized spacial score (nSPS) is 37.9. The molecule has 0 bridgehead atoms. The van der Waals surface area contributed by atoms with Crippen LogP contribution in [0.2, 0.25) is 0 Å². The first-order valence-corrected chi connectivity index (χ1v) is 4.30. The number of hydrogen-bond acceptors (Lipinski definition) is 3. The van der Waals surface area contributed by atoms with Gasteiger partial charge in [-0.05, 0) is 0 Å². The van der Waals surface area contributed by atoms with Crippen molar-refractivity contribution in [2.24, 2.45) is 0 Å². The Morgan fingerprint density at radius 2 is 2.44 bits per heavy atom. The van der Waals surface area contributed by atoms with Crippen molar-refractivity contribution in [2.75, 3.05) is 0 Å². The number of halogens is 1. The maximum Gasteiger partial charge on any atom is 0.327 e. The highest BCUT2D eigenvalue weighted by atomic mass is 35.7. The van der Waals surface area contributed by atoms with Gasteiger partial charge in [0, 0.05) is 0 Å². The number of β-lactam (4-membered cyclic amide) rings is 1. The van der Waals surface area contributed by atoms with E-state index in [-0.39, 0.29) is 6.42 Å². The molecule has 1 rings (SSSR count). The lowest BCUT2D eigenvalue weighted by Gasteiger charge is -2.33. The van der Waals surface area contributed by atoms with Crippen LogP contribution in [0, 0.1) is 5.21 Å². The lowest BCUT2D eigenvalue weighted by atomic mass is 10.3. The van der Waals surface area contributed by atoms with E-state index in [4.69, 9.17) is 10.7 Å². The second kappa shape index (κ2) is 2.43. The fourth-order valence-corrected chi connectivity index (χ4v) is 1.57. The smallest absolute Gasteiger partial charge is 0.327 e. The minimum Gasteiger partial charge on any atom is -0.623 e. The molecular formula is C3H4ClNO3S. The number of nitrogens with one attached hydrogen (secondary N) is 1. The lowest BCUT2D eigenvalue weighted by Crippen LogP contribution is -3.21. The molecule has 1 aliphatic heterocycles. The van der Waals surface area contributed by atoms with E-state index < -0.39 is 26.7 Å². The number of hydrogen-bond donors (Lipinski definition) is 1. The molecule has 3 atom stereocenters. The van der Waals surface area contributed by atoms with Gasteiger partial charge in [-0.25, -0.2) is 4.79 Å². The molecule has 6 heteroatoms. The molecule has 1 aliphatic rings. The van der Waals surface area contributed by atoms with E-state index in [1.807, 2.05) is 0 Å². The van der Waals surface area contributed by atoms with Crippen molar-refractivity contribution in [3.63, 3.8) is 0 Å². The quantitative estimate of drug-likeness (QED) is 0.296. The first-order chi connectivity index (χ1) is 4.13. The van der Waals surface area contributed by atoms with Gasteiger partial charge in [-0.1, -0.05) is 0 Å². The molecule has 4 nitrogen and oxygen atoms in total. The molecule has 0 aliphatic carbocycles. The first-order valence-electron chi connectivity index (χ1n) is 2.27. The summed E-state index contributed by atoms with van der Waals surface area (Å²) in [6.07, 6.45) is 0.0505. The van der Waals surface area contributed by atoms with Crippen molar-refractivity contribution >= 4 is 27.0 Å². The van der Waals surface area contributed by atoms with Crippen molar-refractivity contribution in [2.45, 2.75) is 11.8 Å². The Bertz CT molecular complexity index is 141. The van der Waals surface area contributed by atoms with E-state index in [0.29, 0.717) is 0 Å². The predicted octanol–water partition coefficient (Wildman–Crippen LogP) is -1.47. The van der Waals surface area contributed by atoms with Gasteiger partial charge in [-0.3, -0.25) is 5.06 Å². The molecule has 9 heavy (non-hydrogen) atoms. The Morgan fingerprint density at radius 3 is 2.56 bits per heavy atom. The largest absolute Gasteiger partial charge is 0.623 e. The summed E-state index contributed by atoms with van der Waals surface area (Å²) in [6, 6.07) is 0. The van der Waals surface area contributed by atoms with Crippen LogP contribution >= 0.6 is 10.7 Å². The molecular weight excluding hydrogens is 166 g/mol. The van der Waals surface area contributed by atoms with Crippen LogP contribution in [-0.2, 0) is 15.2 Å². The number of hydroxylamine groups is 2. The first kappa shape index (κ1) is 7.30. The standard InChI is InChI=1S/C3H4ClNO3S/c4-9(8)3-1-2(6)5(3)7/h3,5H,1H2. The molecule has 3 unspecified atom stereocenters. The minimum atomic E-state index is -1.67. The third-order valence-electron chi connectivity index (χ3n) is 1.16. The second-order valence-electron chi connectivity index (χ2n) is 1.73. The molecule has 0 aromatic carbocycles. The van der Waals surface area contributed by atoms with Crippen molar-refractivity contribution in [3.8, 4) is 0 Å². The van der Waals surface area contributed by atoms with Crippen LogP contribution in [0.3, 0.4) is 0 Å². The number of amides is 1. The summed E-state index contributed by atoms with van der Waals surface area (Å²) in [7, 11) is 3.37. The molecule has 0 aromatic rings. The van der Waals surface area contributed by atoms with Gasteiger partial charge < -0.3 is 9.76 Å². The van der Waals surface area contributed by atoms with E-state index >= 15 is 0 Å². The number of carbonyl (C=O) groups is 1. The van der Waals surface area contributed by atoms with Gasteiger partial charge >= 0.3 is 5.91 Å². The van der Waals surface area contributed by atoms with Crippen LogP contribution in [0.1, 0.15) is 6.42 Å². The van der Waals surface area contributed by atoms with Crippen LogP contribution in [0.5, 0.6) is 0 Å².